The zero-order valence-corrected chi connectivity index (χ0v) is 7.31. The van der Waals surface area contributed by atoms with Crippen molar-refractivity contribution in [3.8, 4) is 0 Å². The molecule has 2 fully saturated rings. The molecule has 2 rings (SSSR count). The first kappa shape index (κ1) is 7.60. The molecule has 2 bridgehead atoms. The molecule has 0 atom stereocenters. The Hall–Kier alpha value is -0.0400. The van der Waals surface area contributed by atoms with Crippen LogP contribution in [0, 0.1) is 11.3 Å². The Bertz CT molecular complexity index is 134. The molecule has 0 aromatic rings. The molecule has 0 unspecified atom stereocenters. The maximum absolute atomic E-state index is 5.53. The monoisotopic (exact) mass is 153 g/mol. The lowest BCUT2D eigenvalue weighted by Gasteiger charge is -2.25. The molecule has 0 aliphatic heterocycles. The zero-order chi connectivity index (χ0) is 7.73. The summed E-state index contributed by atoms with van der Waals surface area (Å²) in [5.74, 6) is 1.10. The Morgan fingerprint density at radius 1 is 1.27 bits per heavy atom. The summed E-state index contributed by atoms with van der Waals surface area (Å²) in [5.41, 5.74) is 6.32. The van der Waals surface area contributed by atoms with Crippen molar-refractivity contribution in [2.24, 2.45) is 17.1 Å². The van der Waals surface area contributed by atoms with Crippen molar-refractivity contribution in [1.82, 2.24) is 0 Å². The van der Waals surface area contributed by atoms with Gasteiger partial charge >= 0.3 is 0 Å². The third kappa shape index (κ3) is 1.31. The van der Waals surface area contributed by atoms with Gasteiger partial charge in [-0.1, -0.05) is 0 Å². The molecule has 0 saturated heterocycles. The van der Waals surface area contributed by atoms with E-state index in [9.17, 15) is 0 Å². The van der Waals surface area contributed by atoms with Crippen molar-refractivity contribution in [2.75, 3.05) is 6.54 Å². The largest absolute Gasteiger partial charge is 0.330 e. The van der Waals surface area contributed by atoms with Crippen LogP contribution in [-0.4, -0.2) is 6.54 Å². The first-order chi connectivity index (χ1) is 5.35. The molecule has 1 heteroatoms. The minimum absolute atomic E-state index is 0.782. The molecule has 0 amide bonds. The van der Waals surface area contributed by atoms with Gasteiger partial charge in [0.1, 0.15) is 0 Å². The number of rotatable bonds is 3. The highest BCUT2D eigenvalue weighted by atomic mass is 14.5. The molecular formula is C10H19N. The molecule has 2 N–H and O–H groups in total. The van der Waals surface area contributed by atoms with Gasteiger partial charge in [-0.15, -0.1) is 0 Å². The second-order valence-corrected chi connectivity index (χ2v) is 4.54. The maximum atomic E-state index is 5.53. The van der Waals surface area contributed by atoms with Crippen molar-refractivity contribution < 1.29 is 0 Å². The summed E-state index contributed by atoms with van der Waals surface area (Å²) in [4.78, 5) is 0. The highest BCUT2D eigenvalue weighted by molar-refractivity contribution is 4.95. The van der Waals surface area contributed by atoms with E-state index in [1.165, 1.54) is 44.9 Å². The van der Waals surface area contributed by atoms with E-state index >= 15 is 0 Å². The summed E-state index contributed by atoms with van der Waals surface area (Å²) in [6.45, 7) is 0.895. The van der Waals surface area contributed by atoms with Gasteiger partial charge in [0.25, 0.3) is 0 Å². The van der Waals surface area contributed by atoms with Crippen LogP contribution in [0.5, 0.6) is 0 Å². The fourth-order valence-electron chi connectivity index (χ4n) is 3.14. The Morgan fingerprint density at radius 2 is 2.00 bits per heavy atom. The Morgan fingerprint density at radius 3 is 2.45 bits per heavy atom. The van der Waals surface area contributed by atoms with Gasteiger partial charge < -0.3 is 5.73 Å². The minimum atomic E-state index is 0.782. The van der Waals surface area contributed by atoms with Crippen LogP contribution >= 0.6 is 0 Å². The van der Waals surface area contributed by atoms with Crippen molar-refractivity contribution in [2.45, 2.75) is 44.9 Å². The SMILES string of the molecule is NCCCC12CCC(CC1)C2. The molecule has 0 spiro atoms. The van der Waals surface area contributed by atoms with Gasteiger partial charge in [0, 0.05) is 0 Å². The molecule has 2 aliphatic rings. The van der Waals surface area contributed by atoms with Crippen molar-refractivity contribution in [1.29, 1.82) is 0 Å². The minimum Gasteiger partial charge on any atom is -0.330 e. The second kappa shape index (κ2) is 2.78. The summed E-state index contributed by atoms with van der Waals surface area (Å²) >= 11 is 0. The number of hydrogen-bond acceptors (Lipinski definition) is 1. The molecule has 2 saturated carbocycles. The van der Waals surface area contributed by atoms with E-state index in [1.807, 2.05) is 0 Å². The van der Waals surface area contributed by atoms with Crippen LogP contribution in [0.2, 0.25) is 0 Å². The first-order valence-electron chi connectivity index (χ1n) is 5.05. The predicted octanol–water partition coefficient (Wildman–Crippen LogP) is 2.31. The molecule has 64 valence electrons. The Labute approximate surface area is 69.4 Å². The van der Waals surface area contributed by atoms with E-state index in [0.717, 1.165) is 17.9 Å². The van der Waals surface area contributed by atoms with Crippen LogP contribution in [0.1, 0.15) is 44.9 Å². The summed E-state index contributed by atoms with van der Waals surface area (Å²) in [7, 11) is 0. The maximum Gasteiger partial charge on any atom is -0.00771 e. The van der Waals surface area contributed by atoms with Crippen LogP contribution in [-0.2, 0) is 0 Å². The molecule has 0 heterocycles. The molecule has 0 aromatic carbocycles. The number of hydrogen-bond donors (Lipinski definition) is 1. The van der Waals surface area contributed by atoms with E-state index < -0.39 is 0 Å². The first-order valence-corrected chi connectivity index (χ1v) is 5.05. The lowest BCUT2D eigenvalue weighted by atomic mass is 9.80. The zero-order valence-electron chi connectivity index (χ0n) is 7.31. The second-order valence-electron chi connectivity index (χ2n) is 4.54. The van der Waals surface area contributed by atoms with E-state index in [2.05, 4.69) is 0 Å². The molecule has 2 aliphatic carbocycles. The van der Waals surface area contributed by atoms with Crippen LogP contribution in [0.3, 0.4) is 0 Å². The van der Waals surface area contributed by atoms with E-state index in [-0.39, 0.29) is 0 Å². The van der Waals surface area contributed by atoms with Crippen molar-refractivity contribution >= 4 is 0 Å². The van der Waals surface area contributed by atoms with E-state index in [1.54, 1.807) is 0 Å². The molecule has 11 heavy (non-hydrogen) atoms. The van der Waals surface area contributed by atoms with Crippen molar-refractivity contribution in [3.05, 3.63) is 0 Å². The topological polar surface area (TPSA) is 26.0 Å². The van der Waals surface area contributed by atoms with E-state index in [0.29, 0.717) is 0 Å². The molecular weight excluding hydrogens is 134 g/mol. The number of nitrogens with two attached hydrogens (primary N) is 1. The van der Waals surface area contributed by atoms with Crippen LogP contribution in [0.4, 0.5) is 0 Å². The van der Waals surface area contributed by atoms with Gasteiger partial charge in [0.15, 0.2) is 0 Å². The average molecular weight is 153 g/mol. The number of fused-ring (bicyclic) bond motifs is 2. The lowest BCUT2D eigenvalue weighted by molar-refractivity contribution is 0.266. The Kier molecular flexibility index (Phi) is 1.92. The third-order valence-corrected chi connectivity index (χ3v) is 3.80. The van der Waals surface area contributed by atoms with Gasteiger partial charge in [0.2, 0.25) is 0 Å². The van der Waals surface area contributed by atoms with Gasteiger partial charge in [-0.05, 0) is 62.8 Å². The highest BCUT2D eigenvalue weighted by Crippen LogP contribution is 2.56. The van der Waals surface area contributed by atoms with Crippen LogP contribution < -0.4 is 5.73 Å². The molecule has 0 aromatic heterocycles. The fourth-order valence-corrected chi connectivity index (χ4v) is 3.14. The molecule has 1 nitrogen and oxygen atoms in total. The average Bonchev–Trinajstić information content (AvgIpc) is 2.60. The summed E-state index contributed by atoms with van der Waals surface area (Å²) in [6, 6.07) is 0. The van der Waals surface area contributed by atoms with Crippen LogP contribution in [0.25, 0.3) is 0 Å². The predicted molar refractivity (Wildman–Crippen MR) is 47.3 cm³/mol. The smallest absolute Gasteiger partial charge is 0.00771 e. The standard InChI is InChI=1S/C10H19N/c11-7-1-4-10-5-2-9(8-10)3-6-10/h9H,1-8,11H2. The lowest BCUT2D eigenvalue weighted by Crippen LogP contribution is -2.15. The van der Waals surface area contributed by atoms with Gasteiger partial charge in [0.05, 0.1) is 0 Å². The Balaban J connectivity index is 1.89. The summed E-state index contributed by atoms with van der Waals surface area (Å²) in [6.07, 6.45) is 10.3. The fraction of sp³-hybridized carbons (Fsp3) is 1.00. The van der Waals surface area contributed by atoms with Gasteiger partial charge in [-0.3, -0.25) is 0 Å². The van der Waals surface area contributed by atoms with Gasteiger partial charge in [-0.25, -0.2) is 0 Å². The van der Waals surface area contributed by atoms with Crippen LogP contribution in [0.15, 0.2) is 0 Å². The third-order valence-electron chi connectivity index (χ3n) is 3.80. The normalized spacial score (nSPS) is 41.7. The highest BCUT2D eigenvalue weighted by Gasteiger charge is 2.43. The summed E-state index contributed by atoms with van der Waals surface area (Å²) in [5, 5.41) is 0. The van der Waals surface area contributed by atoms with E-state index in [4.69, 9.17) is 5.73 Å². The van der Waals surface area contributed by atoms with Crippen molar-refractivity contribution in [3.63, 3.8) is 0 Å². The summed E-state index contributed by atoms with van der Waals surface area (Å²) < 4.78 is 0. The quantitative estimate of drug-likeness (QED) is 0.661. The molecule has 0 radical (unpaired) electrons. The van der Waals surface area contributed by atoms with Gasteiger partial charge in [-0.2, -0.15) is 0 Å².